The average Bonchev–Trinajstić information content (AvgIpc) is 2.34. The van der Waals surface area contributed by atoms with E-state index in [1.54, 1.807) is 43.3 Å². The van der Waals surface area contributed by atoms with E-state index in [-0.39, 0.29) is 4.90 Å². The summed E-state index contributed by atoms with van der Waals surface area (Å²) in [7, 11) is -3.62. The Balaban J connectivity index is 2.37. The molecular weight excluding hydrogens is 284 g/mol. The predicted octanol–water partition coefficient (Wildman–Crippen LogP) is 3.03. The van der Waals surface area contributed by atoms with Crippen LogP contribution in [0.3, 0.4) is 0 Å². The lowest BCUT2D eigenvalue weighted by Crippen LogP contribution is -2.14. The maximum Gasteiger partial charge on any atom is 0.262 e. The smallest absolute Gasteiger partial charge is 0.262 e. The van der Waals surface area contributed by atoms with Gasteiger partial charge in [0.15, 0.2) is 0 Å². The summed E-state index contributed by atoms with van der Waals surface area (Å²) in [6.07, 6.45) is 0. The number of benzene rings is 2. The van der Waals surface area contributed by atoms with Crippen LogP contribution < -0.4 is 10.5 Å². The molecule has 3 N–H and O–H groups in total. The van der Waals surface area contributed by atoms with E-state index in [0.29, 0.717) is 22.0 Å². The number of aryl methyl sites for hydroxylation is 1. The van der Waals surface area contributed by atoms with Gasteiger partial charge in [-0.05, 0) is 36.8 Å². The van der Waals surface area contributed by atoms with Crippen molar-refractivity contribution < 1.29 is 8.42 Å². The maximum absolute atomic E-state index is 12.2. The number of anilines is 2. The van der Waals surface area contributed by atoms with Crippen LogP contribution in [-0.4, -0.2) is 8.42 Å². The maximum atomic E-state index is 12.2. The van der Waals surface area contributed by atoms with E-state index in [0.717, 1.165) is 0 Å². The monoisotopic (exact) mass is 296 g/mol. The minimum atomic E-state index is -3.62. The SMILES string of the molecule is Cc1ccccc1S(=O)(=O)Nc1ccc(N)c(Cl)c1. The normalized spacial score (nSPS) is 11.3. The number of halogens is 1. The molecule has 0 aromatic heterocycles. The largest absolute Gasteiger partial charge is 0.398 e. The molecule has 0 radical (unpaired) electrons. The van der Waals surface area contributed by atoms with Crippen LogP contribution in [0.4, 0.5) is 11.4 Å². The summed E-state index contributed by atoms with van der Waals surface area (Å²) in [5, 5.41) is 0.310. The summed E-state index contributed by atoms with van der Waals surface area (Å²) in [5.41, 5.74) is 7.04. The summed E-state index contributed by atoms with van der Waals surface area (Å²) < 4.78 is 26.9. The van der Waals surface area contributed by atoms with Gasteiger partial charge in [-0.1, -0.05) is 29.8 Å². The molecule has 0 amide bonds. The summed E-state index contributed by atoms with van der Waals surface area (Å²) in [6.45, 7) is 1.74. The molecule has 0 heterocycles. The van der Waals surface area contributed by atoms with Crippen molar-refractivity contribution in [3.8, 4) is 0 Å². The molecule has 6 heteroatoms. The highest BCUT2D eigenvalue weighted by Gasteiger charge is 2.16. The van der Waals surface area contributed by atoms with Crippen molar-refractivity contribution in [3.05, 3.63) is 53.1 Å². The van der Waals surface area contributed by atoms with Crippen molar-refractivity contribution in [2.24, 2.45) is 0 Å². The highest BCUT2D eigenvalue weighted by atomic mass is 35.5. The molecule has 0 saturated heterocycles. The molecule has 100 valence electrons. The van der Waals surface area contributed by atoms with Gasteiger partial charge >= 0.3 is 0 Å². The van der Waals surface area contributed by atoms with Crippen LogP contribution in [0.15, 0.2) is 47.4 Å². The molecule has 19 heavy (non-hydrogen) atoms. The molecule has 0 atom stereocenters. The fourth-order valence-corrected chi connectivity index (χ4v) is 3.14. The van der Waals surface area contributed by atoms with Crippen molar-refractivity contribution in [1.29, 1.82) is 0 Å². The lowest BCUT2D eigenvalue weighted by Gasteiger charge is -2.10. The Morgan fingerprint density at radius 2 is 1.84 bits per heavy atom. The molecule has 0 unspecified atom stereocenters. The molecule has 0 aliphatic rings. The Bertz CT molecular complexity index is 714. The number of sulfonamides is 1. The number of hydrogen-bond acceptors (Lipinski definition) is 3. The second-order valence-corrected chi connectivity index (χ2v) is 6.17. The third-order valence-electron chi connectivity index (χ3n) is 2.64. The van der Waals surface area contributed by atoms with Crippen LogP contribution in [0.25, 0.3) is 0 Å². The molecule has 0 aliphatic heterocycles. The molecule has 0 saturated carbocycles. The first-order valence-electron chi connectivity index (χ1n) is 5.53. The lowest BCUT2D eigenvalue weighted by atomic mass is 10.2. The summed E-state index contributed by atoms with van der Waals surface area (Å²) in [6, 6.07) is 11.4. The molecule has 0 spiro atoms. The van der Waals surface area contributed by atoms with E-state index in [1.165, 1.54) is 6.07 Å². The van der Waals surface area contributed by atoms with Crippen LogP contribution in [-0.2, 0) is 10.0 Å². The first-order valence-corrected chi connectivity index (χ1v) is 7.40. The Labute approximate surface area is 117 Å². The van der Waals surface area contributed by atoms with Crippen LogP contribution in [0.5, 0.6) is 0 Å². The van der Waals surface area contributed by atoms with Crippen molar-refractivity contribution in [1.82, 2.24) is 0 Å². The van der Waals surface area contributed by atoms with Gasteiger partial charge < -0.3 is 5.73 Å². The molecule has 0 aliphatic carbocycles. The van der Waals surface area contributed by atoms with Crippen molar-refractivity contribution >= 4 is 33.0 Å². The van der Waals surface area contributed by atoms with Gasteiger partial charge in [0.2, 0.25) is 0 Å². The van der Waals surface area contributed by atoms with Crippen molar-refractivity contribution in [2.45, 2.75) is 11.8 Å². The topological polar surface area (TPSA) is 72.2 Å². The first kappa shape index (κ1) is 13.7. The fraction of sp³-hybridized carbons (Fsp3) is 0.0769. The van der Waals surface area contributed by atoms with Crippen LogP contribution in [0, 0.1) is 6.92 Å². The second kappa shape index (κ2) is 5.11. The highest BCUT2D eigenvalue weighted by Crippen LogP contribution is 2.25. The van der Waals surface area contributed by atoms with E-state index in [1.807, 2.05) is 0 Å². The van der Waals surface area contributed by atoms with Gasteiger partial charge in [0.1, 0.15) is 0 Å². The van der Waals surface area contributed by atoms with Gasteiger partial charge in [-0.15, -0.1) is 0 Å². The van der Waals surface area contributed by atoms with E-state index in [4.69, 9.17) is 17.3 Å². The summed E-state index contributed by atoms with van der Waals surface area (Å²) in [4.78, 5) is 0.239. The van der Waals surface area contributed by atoms with E-state index >= 15 is 0 Å². The minimum Gasteiger partial charge on any atom is -0.398 e. The summed E-state index contributed by atoms with van der Waals surface area (Å²) >= 11 is 5.86. The lowest BCUT2D eigenvalue weighted by molar-refractivity contribution is 0.600. The third-order valence-corrected chi connectivity index (χ3v) is 4.50. The van der Waals surface area contributed by atoms with Gasteiger partial charge in [0.25, 0.3) is 10.0 Å². The van der Waals surface area contributed by atoms with E-state index < -0.39 is 10.0 Å². The first-order chi connectivity index (χ1) is 8.90. The summed E-state index contributed by atoms with van der Waals surface area (Å²) in [5.74, 6) is 0. The highest BCUT2D eigenvalue weighted by molar-refractivity contribution is 7.92. The standard InChI is InChI=1S/C13H13ClN2O2S/c1-9-4-2-3-5-13(9)19(17,18)16-10-6-7-12(15)11(14)8-10/h2-8,16H,15H2,1H3. The van der Waals surface area contributed by atoms with Gasteiger partial charge in [-0.3, -0.25) is 4.72 Å². The van der Waals surface area contributed by atoms with Gasteiger partial charge in [0.05, 0.1) is 21.3 Å². The van der Waals surface area contributed by atoms with Gasteiger partial charge in [-0.2, -0.15) is 0 Å². The molecule has 0 bridgehead atoms. The Kier molecular flexibility index (Phi) is 3.68. The van der Waals surface area contributed by atoms with Crippen molar-refractivity contribution in [2.75, 3.05) is 10.5 Å². The molecule has 0 fully saturated rings. The Hall–Kier alpha value is -1.72. The van der Waals surface area contributed by atoms with Crippen LogP contribution in [0.1, 0.15) is 5.56 Å². The van der Waals surface area contributed by atoms with E-state index in [2.05, 4.69) is 4.72 Å². The Morgan fingerprint density at radius 3 is 2.47 bits per heavy atom. The second-order valence-electron chi connectivity index (χ2n) is 4.11. The zero-order chi connectivity index (χ0) is 14.0. The number of nitrogens with one attached hydrogen (secondary N) is 1. The molecule has 2 aromatic rings. The molecule has 4 nitrogen and oxygen atoms in total. The van der Waals surface area contributed by atoms with Crippen LogP contribution in [0.2, 0.25) is 5.02 Å². The van der Waals surface area contributed by atoms with Crippen molar-refractivity contribution in [3.63, 3.8) is 0 Å². The quantitative estimate of drug-likeness (QED) is 0.855. The predicted molar refractivity (Wildman–Crippen MR) is 77.9 cm³/mol. The zero-order valence-electron chi connectivity index (χ0n) is 10.2. The zero-order valence-corrected chi connectivity index (χ0v) is 11.8. The molecular formula is C13H13ClN2O2S. The average molecular weight is 297 g/mol. The van der Waals surface area contributed by atoms with Crippen LogP contribution >= 0.6 is 11.6 Å². The number of hydrogen-bond donors (Lipinski definition) is 2. The third kappa shape index (κ3) is 3.00. The Morgan fingerprint density at radius 1 is 1.16 bits per heavy atom. The van der Waals surface area contributed by atoms with E-state index in [9.17, 15) is 8.42 Å². The molecule has 2 aromatic carbocycles. The number of nitrogens with two attached hydrogens (primary N) is 1. The molecule has 2 rings (SSSR count). The number of rotatable bonds is 3. The fourth-order valence-electron chi connectivity index (χ4n) is 1.66. The van der Waals surface area contributed by atoms with Gasteiger partial charge in [0, 0.05) is 0 Å². The van der Waals surface area contributed by atoms with Gasteiger partial charge in [-0.25, -0.2) is 8.42 Å². The minimum absolute atomic E-state index is 0.239. The number of nitrogen functional groups attached to an aromatic ring is 1.